The molecular formula is C62H74CaN4O22. The van der Waals surface area contributed by atoms with Gasteiger partial charge in [0, 0.05) is 47.2 Å². The van der Waals surface area contributed by atoms with Crippen molar-refractivity contribution in [1.82, 2.24) is 0 Å². The van der Waals surface area contributed by atoms with Crippen molar-refractivity contribution in [2.24, 2.45) is 23.3 Å². The molecule has 0 unspecified atom stereocenters. The van der Waals surface area contributed by atoms with Crippen LogP contribution in [-0.2, 0) is 41.3 Å². The van der Waals surface area contributed by atoms with Gasteiger partial charge in [-0.25, -0.2) is 19.2 Å². The number of rotatable bonds is 18. The Labute approximate surface area is 541 Å². The number of anilines is 2. The Morgan fingerprint density at radius 1 is 0.607 bits per heavy atom. The minimum Gasteiger partial charge on any atom is -0.870 e. The molecule has 0 spiro atoms. The Hall–Kier alpha value is -7.40. The number of aromatic hydroxyl groups is 2. The second-order valence-corrected chi connectivity index (χ2v) is 23.3. The largest absolute Gasteiger partial charge is 2.00 e. The Balaban J connectivity index is 0.000000281. The van der Waals surface area contributed by atoms with Gasteiger partial charge in [-0.15, -0.1) is 0 Å². The molecule has 0 saturated carbocycles. The van der Waals surface area contributed by atoms with Crippen molar-refractivity contribution in [3.05, 3.63) is 115 Å². The molecule has 10 N–H and O–H groups in total. The quantitative estimate of drug-likeness (QED) is 0.0374. The number of carbonyl (C=O) groups is 4. The number of aryl methyl sites for hydroxylation is 4. The predicted molar refractivity (Wildman–Crippen MR) is 319 cm³/mol. The van der Waals surface area contributed by atoms with E-state index in [1.165, 1.54) is 88.7 Å². The van der Waals surface area contributed by atoms with E-state index in [0.29, 0.717) is 35.8 Å². The van der Waals surface area contributed by atoms with E-state index in [-0.39, 0.29) is 105 Å². The number of carbonyl (C=O) groups excluding carboxylic acids is 4. The molecule has 89 heavy (non-hydrogen) atoms. The van der Waals surface area contributed by atoms with Gasteiger partial charge in [-0.2, -0.15) is 0 Å². The van der Waals surface area contributed by atoms with E-state index in [4.69, 9.17) is 58.2 Å². The number of amides is 4. The summed E-state index contributed by atoms with van der Waals surface area (Å²) >= 11 is 0. The minimum atomic E-state index is -1.53. The van der Waals surface area contributed by atoms with Gasteiger partial charge in [-0.3, -0.25) is 9.59 Å². The molecule has 2 aromatic heterocycles. The maximum atomic E-state index is 13.3. The molecule has 2 fully saturated rings. The van der Waals surface area contributed by atoms with Gasteiger partial charge in [0.25, 0.3) is 11.8 Å². The number of nitrogens with one attached hydrogen (secondary N) is 2. The molecule has 27 heteroatoms. The molecule has 8 atom stereocenters. The van der Waals surface area contributed by atoms with Crippen molar-refractivity contribution < 1.29 is 96.5 Å². The van der Waals surface area contributed by atoms with Crippen LogP contribution >= 0.6 is 0 Å². The molecule has 26 nitrogen and oxygen atoms in total. The zero-order valence-corrected chi connectivity index (χ0v) is 53.6. The molecule has 6 aromatic rings. The molecule has 0 radical (unpaired) electrons. The van der Waals surface area contributed by atoms with E-state index >= 15 is 0 Å². The van der Waals surface area contributed by atoms with Gasteiger partial charge >= 0.3 is 61.2 Å². The van der Waals surface area contributed by atoms with Crippen LogP contribution in [0.2, 0.25) is 0 Å². The Bertz CT molecular complexity index is 3480. The zero-order valence-electron chi connectivity index (χ0n) is 51.4. The van der Waals surface area contributed by atoms with Crippen LogP contribution in [0.3, 0.4) is 0 Å². The summed E-state index contributed by atoms with van der Waals surface area (Å²) in [6.07, 6.45) is -9.60. The third-order valence-electron chi connectivity index (χ3n) is 15.1. The maximum absolute atomic E-state index is 13.3. The summed E-state index contributed by atoms with van der Waals surface area (Å²) in [5.74, 6) is -1.91. The van der Waals surface area contributed by atoms with Gasteiger partial charge in [0.15, 0.2) is 24.4 Å². The van der Waals surface area contributed by atoms with Crippen molar-refractivity contribution >= 4 is 95.1 Å². The van der Waals surface area contributed by atoms with Crippen LogP contribution in [0.5, 0.6) is 34.5 Å². The first kappa shape index (κ1) is 70.7. The van der Waals surface area contributed by atoms with Crippen LogP contribution in [0.1, 0.15) is 111 Å². The van der Waals surface area contributed by atoms with E-state index < -0.39 is 119 Å². The molecular weight excluding hydrogens is 1190 g/mol. The van der Waals surface area contributed by atoms with Crippen LogP contribution in [-0.4, -0.2) is 157 Å². The molecule has 0 bridgehead atoms. The number of phenolic OH excluding ortho intramolecular Hbond substituents is 2. The monoisotopic (exact) mass is 1270 g/mol. The number of phenols is 2. The van der Waals surface area contributed by atoms with E-state index in [1.807, 2.05) is 27.7 Å². The van der Waals surface area contributed by atoms with E-state index in [9.17, 15) is 59.4 Å². The standard InChI is InChI=1S/2C31H38N2O11.Ca/c2*1-14(2)7-8-16-13-17(9-11-19(16)34)27(37)33-21-22(35)18-10-12-20(15(3)24(18)42-28(21)38)41-29-23(36)25(43-30(32)39)26(40-6)31(4,5)44-29;/h2*9-14,23,25-26,29,34-36H,7-8H2,1-6H3,(H2,32,39)(H,33,37);/q;;+2/p-2/t2*23-,25+,26-,29-;/m11./s1. The summed E-state index contributed by atoms with van der Waals surface area (Å²) in [7, 11) is 2.73. The topological polar surface area (TPSA) is 406 Å². The van der Waals surface area contributed by atoms with Crippen LogP contribution in [0.4, 0.5) is 21.0 Å². The third kappa shape index (κ3) is 16.0. The maximum Gasteiger partial charge on any atom is 2.00 e. The summed E-state index contributed by atoms with van der Waals surface area (Å²) in [5, 5.41) is 73.6. The fourth-order valence-electron chi connectivity index (χ4n) is 10.4. The Morgan fingerprint density at radius 2 is 0.955 bits per heavy atom. The van der Waals surface area contributed by atoms with E-state index in [1.54, 1.807) is 27.7 Å². The normalized spacial score (nSPS) is 21.0. The first-order chi connectivity index (χ1) is 41.3. The molecule has 2 aliphatic rings. The summed E-state index contributed by atoms with van der Waals surface area (Å²) in [5.41, 5.74) is 6.62. The van der Waals surface area contributed by atoms with Crippen LogP contribution in [0, 0.1) is 25.7 Å². The zero-order chi connectivity index (χ0) is 65.0. The first-order valence-corrected chi connectivity index (χ1v) is 28.1. The molecule has 4 heterocycles. The van der Waals surface area contributed by atoms with E-state index in [2.05, 4.69) is 10.6 Å². The summed E-state index contributed by atoms with van der Waals surface area (Å²) < 4.78 is 55.6. The fraction of sp³-hybridized carbons (Fsp3) is 0.452. The number of hydrogen-bond acceptors (Lipinski definition) is 22. The number of benzene rings is 4. The average Bonchev–Trinajstić information content (AvgIpc) is 1.08. The van der Waals surface area contributed by atoms with Gasteiger partial charge in [0.05, 0.1) is 11.2 Å². The first-order valence-electron chi connectivity index (χ1n) is 28.1. The number of methoxy groups -OCH3 is 2. The number of aliphatic hydroxyl groups excluding tert-OH is 2. The van der Waals surface area contributed by atoms with Gasteiger partial charge in [0.1, 0.15) is 57.7 Å². The fourth-order valence-corrected chi connectivity index (χ4v) is 10.4. The molecule has 2 saturated heterocycles. The van der Waals surface area contributed by atoms with Crippen molar-refractivity contribution in [2.75, 3.05) is 24.9 Å². The molecule has 476 valence electrons. The minimum absolute atomic E-state index is 0. The van der Waals surface area contributed by atoms with Crippen molar-refractivity contribution in [3.63, 3.8) is 0 Å². The number of hydrogen-bond donors (Lipinski definition) is 8. The molecule has 8 rings (SSSR count). The molecule has 2 aliphatic heterocycles. The number of ether oxygens (including phenoxy) is 8. The Kier molecular flexibility index (Phi) is 23.1. The number of aliphatic hydroxyl groups is 2. The molecule has 0 aliphatic carbocycles. The smallest absolute Gasteiger partial charge is 0.870 e. The summed E-state index contributed by atoms with van der Waals surface area (Å²) in [6.45, 7) is 17.8. The second-order valence-electron chi connectivity index (χ2n) is 23.3. The summed E-state index contributed by atoms with van der Waals surface area (Å²) in [6, 6.07) is 14.1. The predicted octanol–water partition coefficient (Wildman–Crippen LogP) is 5.77. The van der Waals surface area contributed by atoms with Gasteiger partial charge < -0.3 is 99.5 Å². The summed E-state index contributed by atoms with van der Waals surface area (Å²) in [4.78, 5) is 74.9. The SMILES string of the molecule is CO[C@@H]1[C@@H](OC(N)=O)[C@@H](O)[C@H](Oc2ccc3c([O-])c(NC(=O)c4ccc(O)c(CCC(C)C)c4)c(=O)oc3c2C)OC1(C)C.CO[C@@H]1[C@@H](OC(N)=O)[C@@H](O)[C@H](Oc2ccc3c([O-])c(NC(=O)c4ccc(O)c(CCC(C)C)c4)c(=O)oc3c2C)OC1(C)C.[Ca+2]. The van der Waals surface area contributed by atoms with Crippen LogP contribution < -0.4 is 53.0 Å². The molecule has 4 amide bonds. The molecule has 4 aromatic carbocycles. The van der Waals surface area contributed by atoms with E-state index in [0.717, 1.165) is 12.8 Å². The average molecular weight is 1270 g/mol. The van der Waals surface area contributed by atoms with Gasteiger partial charge in [0.2, 0.25) is 12.6 Å². The Morgan fingerprint density at radius 3 is 1.27 bits per heavy atom. The number of primary amides is 2. The third-order valence-corrected chi connectivity index (χ3v) is 15.1. The second kappa shape index (κ2) is 29.0. The van der Waals surface area contributed by atoms with Crippen LogP contribution in [0.15, 0.2) is 79.1 Å². The number of nitrogens with two attached hydrogens (primary N) is 2. The van der Waals surface area contributed by atoms with Crippen LogP contribution in [0.25, 0.3) is 21.9 Å². The number of fused-ring (bicyclic) bond motifs is 2. The van der Waals surface area contributed by atoms with Crippen molar-refractivity contribution in [1.29, 1.82) is 0 Å². The van der Waals surface area contributed by atoms with Crippen molar-refractivity contribution in [2.45, 2.75) is 155 Å². The van der Waals surface area contributed by atoms with Crippen molar-refractivity contribution in [3.8, 4) is 34.5 Å². The van der Waals surface area contributed by atoms with Gasteiger partial charge in [-0.1, -0.05) is 39.2 Å². The van der Waals surface area contributed by atoms with Gasteiger partial charge in [-0.05, 0) is 151 Å².